The summed E-state index contributed by atoms with van der Waals surface area (Å²) < 4.78 is 5.63. The van der Waals surface area contributed by atoms with Crippen molar-refractivity contribution in [3.63, 3.8) is 0 Å². The normalized spacial score (nSPS) is 17.4. The minimum Gasteiger partial charge on any atom is -0.491 e. The number of carbonyl (C=O) groups excluding carboxylic acids is 1. The van der Waals surface area contributed by atoms with E-state index in [1.807, 2.05) is 24.3 Å². The van der Waals surface area contributed by atoms with Crippen LogP contribution < -0.4 is 15.4 Å². The molecule has 1 aliphatic heterocycles. The predicted molar refractivity (Wildman–Crippen MR) is 83.7 cm³/mol. The number of para-hydroxylation sites is 2. The fourth-order valence-corrected chi connectivity index (χ4v) is 2.26. The Kier molecular flexibility index (Phi) is 7.41. The maximum atomic E-state index is 12.0. The standard InChI is InChI=1S/C15H22N2O2.ClH/c1-2-9-19-14-6-4-3-5-13(14)17-15(18)10-12-7-8-16-11-12;/h3-6,12,16H,2,7-11H2,1H3,(H,17,18);1H. The van der Waals surface area contributed by atoms with E-state index in [0.29, 0.717) is 18.9 Å². The number of anilines is 1. The van der Waals surface area contributed by atoms with Gasteiger partial charge in [-0.1, -0.05) is 19.1 Å². The van der Waals surface area contributed by atoms with Gasteiger partial charge in [0.1, 0.15) is 5.75 Å². The van der Waals surface area contributed by atoms with Crippen LogP contribution in [-0.4, -0.2) is 25.6 Å². The zero-order valence-corrected chi connectivity index (χ0v) is 12.7. The van der Waals surface area contributed by atoms with Crippen LogP contribution >= 0.6 is 12.4 Å². The van der Waals surface area contributed by atoms with Gasteiger partial charge in [0, 0.05) is 6.42 Å². The lowest BCUT2D eigenvalue weighted by atomic mass is 10.0. The molecule has 1 aromatic rings. The van der Waals surface area contributed by atoms with Gasteiger partial charge in [0.2, 0.25) is 5.91 Å². The van der Waals surface area contributed by atoms with Crippen LogP contribution in [0.1, 0.15) is 26.2 Å². The summed E-state index contributed by atoms with van der Waals surface area (Å²) in [5.74, 6) is 1.28. The number of benzene rings is 1. The van der Waals surface area contributed by atoms with E-state index in [1.165, 1.54) is 0 Å². The molecule has 0 aliphatic carbocycles. The summed E-state index contributed by atoms with van der Waals surface area (Å²) in [6.07, 6.45) is 2.62. The maximum Gasteiger partial charge on any atom is 0.224 e. The zero-order valence-electron chi connectivity index (χ0n) is 11.9. The first-order valence-corrected chi connectivity index (χ1v) is 7.02. The third-order valence-electron chi connectivity index (χ3n) is 3.26. The van der Waals surface area contributed by atoms with Crippen LogP contribution in [0, 0.1) is 5.92 Å². The van der Waals surface area contributed by atoms with Crippen molar-refractivity contribution in [2.45, 2.75) is 26.2 Å². The van der Waals surface area contributed by atoms with E-state index in [-0.39, 0.29) is 18.3 Å². The van der Waals surface area contributed by atoms with Crippen molar-refractivity contribution in [3.05, 3.63) is 24.3 Å². The highest BCUT2D eigenvalue weighted by Crippen LogP contribution is 2.24. The van der Waals surface area contributed by atoms with E-state index < -0.39 is 0 Å². The molecule has 0 saturated carbocycles. The Bertz CT molecular complexity index is 420. The van der Waals surface area contributed by atoms with Crippen LogP contribution in [0.5, 0.6) is 5.75 Å². The molecular formula is C15H23ClN2O2. The number of halogens is 1. The quantitative estimate of drug-likeness (QED) is 0.849. The van der Waals surface area contributed by atoms with Crippen molar-refractivity contribution in [3.8, 4) is 5.75 Å². The van der Waals surface area contributed by atoms with E-state index >= 15 is 0 Å². The summed E-state index contributed by atoms with van der Waals surface area (Å²) in [5, 5.41) is 6.23. The van der Waals surface area contributed by atoms with Gasteiger partial charge in [-0.05, 0) is 44.0 Å². The minimum atomic E-state index is 0. The number of rotatable bonds is 6. The molecule has 0 aromatic heterocycles. The van der Waals surface area contributed by atoms with Crippen LogP contribution in [0.15, 0.2) is 24.3 Å². The molecule has 2 rings (SSSR count). The second-order valence-corrected chi connectivity index (χ2v) is 4.96. The smallest absolute Gasteiger partial charge is 0.224 e. The van der Waals surface area contributed by atoms with E-state index in [1.54, 1.807) is 0 Å². The Morgan fingerprint density at radius 1 is 1.45 bits per heavy atom. The van der Waals surface area contributed by atoms with E-state index in [0.717, 1.165) is 37.4 Å². The highest BCUT2D eigenvalue weighted by Gasteiger charge is 2.18. The SMILES string of the molecule is CCCOc1ccccc1NC(=O)CC1CCNC1.Cl. The highest BCUT2D eigenvalue weighted by atomic mass is 35.5. The molecule has 2 N–H and O–H groups in total. The first-order chi connectivity index (χ1) is 9.29. The average Bonchev–Trinajstić information content (AvgIpc) is 2.90. The van der Waals surface area contributed by atoms with Gasteiger partial charge in [-0.25, -0.2) is 0 Å². The molecule has 5 heteroatoms. The van der Waals surface area contributed by atoms with Gasteiger partial charge in [-0.15, -0.1) is 12.4 Å². The van der Waals surface area contributed by atoms with Crippen LogP contribution in [0.25, 0.3) is 0 Å². The number of hydrogen-bond donors (Lipinski definition) is 2. The molecular weight excluding hydrogens is 276 g/mol. The topological polar surface area (TPSA) is 50.4 Å². The molecule has 1 aliphatic rings. The van der Waals surface area contributed by atoms with Crippen LogP contribution in [0.3, 0.4) is 0 Å². The van der Waals surface area contributed by atoms with Gasteiger partial charge in [0.15, 0.2) is 0 Å². The number of carbonyl (C=O) groups is 1. The van der Waals surface area contributed by atoms with Gasteiger partial charge in [-0.3, -0.25) is 4.79 Å². The first kappa shape index (κ1) is 16.8. The molecule has 0 spiro atoms. The molecule has 1 saturated heterocycles. The second-order valence-electron chi connectivity index (χ2n) is 4.96. The molecule has 1 fully saturated rings. The number of ether oxygens (including phenoxy) is 1. The Morgan fingerprint density at radius 3 is 2.95 bits per heavy atom. The number of nitrogens with one attached hydrogen (secondary N) is 2. The fourth-order valence-electron chi connectivity index (χ4n) is 2.26. The van der Waals surface area contributed by atoms with Gasteiger partial charge < -0.3 is 15.4 Å². The van der Waals surface area contributed by atoms with Crippen molar-refractivity contribution in [1.29, 1.82) is 0 Å². The fraction of sp³-hybridized carbons (Fsp3) is 0.533. The lowest BCUT2D eigenvalue weighted by Gasteiger charge is -2.13. The van der Waals surface area contributed by atoms with Gasteiger partial charge in [0.05, 0.1) is 12.3 Å². The van der Waals surface area contributed by atoms with E-state index in [4.69, 9.17) is 4.74 Å². The van der Waals surface area contributed by atoms with Crippen molar-refractivity contribution in [2.24, 2.45) is 5.92 Å². The Balaban J connectivity index is 0.00000200. The Labute approximate surface area is 126 Å². The lowest BCUT2D eigenvalue weighted by Crippen LogP contribution is -2.18. The van der Waals surface area contributed by atoms with Crippen LogP contribution in [0.4, 0.5) is 5.69 Å². The zero-order chi connectivity index (χ0) is 13.5. The van der Waals surface area contributed by atoms with Crippen molar-refractivity contribution in [2.75, 3.05) is 25.0 Å². The van der Waals surface area contributed by atoms with Crippen molar-refractivity contribution >= 4 is 24.0 Å². The van der Waals surface area contributed by atoms with Gasteiger partial charge in [0.25, 0.3) is 0 Å². The maximum absolute atomic E-state index is 12.0. The second kappa shape index (κ2) is 8.82. The summed E-state index contributed by atoms with van der Waals surface area (Å²) in [7, 11) is 0. The molecule has 112 valence electrons. The summed E-state index contributed by atoms with van der Waals surface area (Å²) in [5.41, 5.74) is 0.770. The summed E-state index contributed by atoms with van der Waals surface area (Å²) in [6, 6.07) is 7.60. The van der Waals surface area contributed by atoms with E-state index in [9.17, 15) is 4.79 Å². The summed E-state index contributed by atoms with van der Waals surface area (Å²) >= 11 is 0. The molecule has 4 nitrogen and oxygen atoms in total. The summed E-state index contributed by atoms with van der Waals surface area (Å²) in [6.45, 7) is 4.70. The molecule has 0 radical (unpaired) electrons. The van der Waals surface area contributed by atoms with Gasteiger partial charge >= 0.3 is 0 Å². The van der Waals surface area contributed by atoms with E-state index in [2.05, 4.69) is 17.6 Å². The van der Waals surface area contributed by atoms with Crippen LogP contribution in [0.2, 0.25) is 0 Å². The molecule has 1 aromatic carbocycles. The van der Waals surface area contributed by atoms with Crippen molar-refractivity contribution < 1.29 is 9.53 Å². The summed E-state index contributed by atoms with van der Waals surface area (Å²) in [4.78, 5) is 12.0. The monoisotopic (exact) mass is 298 g/mol. The minimum absolute atomic E-state index is 0. The van der Waals surface area contributed by atoms with Crippen molar-refractivity contribution in [1.82, 2.24) is 5.32 Å². The number of hydrogen-bond acceptors (Lipinski definition) is 3. The first-order valence-electron chi connectivity index (χ1n) is 7.02. The molecule has 1 heterocycles. The Hall–Kier alpha value is -1.26. The molecule has 1 unspecified atom stereocenters. The van der Waals surface area contributed by atoms with Crippen LogP contribution in [-0.2, 0) is 4.79 Å². The average molecular weight is 299 g/mol. The molecule has 0 bridgehead atoms. The molecule has 20 heavy (non-hydrogen) atoms. The Morgan fingerprint density at radius 2 is 2.25 bits per heavy atom. The van der Waals surface area contributed by atoms with Gasteiger partial charge in [-0.2, -0.15) is 0 Å². The third-order valence-corrected chi connectivity index (χ3v) is 3.26. The molecule has 1 atom stereocenters. The third kappa shape index (κ3) is 5.02. The highest BCUT2D eigenvalue weighted by molar-refractivity contribution is 5.92. The number of amides is 1. The largest absolute Gasteiger partial charge is 0.491 e. The predicted octanol–water partition coefficient (Wildman–Crippen LogP) is 2.84. The molecule has 1 amide bonds. The lowest BCUT2D eigenvalue weighted by molar-refractivity contribution is -0.117.